The lowest BCUT2D eigenvalue weighted by molar-refractivity contribution is -0.137. The highest BCUT2D eigenvalue weighted by molar-refractivity contribution is 6.34. The molecule has 0 saturated heterocycles. The fraction of sp³-hybridized carbons (Fsp3) is 0.182. The summed E-state index contributed by atoms with van der Waals surface area (Å²) in [7, 11) is 0. The van der Waals surface area contributed by atoms with Crippen molar-refractivity contribution >= 4 is 34.2 Å². The minimum absolute atomic E-state index is 0.165. The van der Waals surface area contributed by atoms with Crippen molar-refractivity contribution in [1.82, 2.24) is 19.3 Å². The van der Waals surface area contributed by atoms with Crippen molar-refractivity contribution in [3.63, 3.8) is 0 Å². The standard InChI is InChI=1S/C22H17ClF3N5O2/c1-12-6-13(2)8-14(7-12)31-20-15(9-28-31)21(33)30(11-27-20)10-18(32)29-19-16(22(24,25)26)4-3-5-17(19)23/h3-9,11H,10H2,1-2H3,(H,29,32). The van der Waals surface area contributed by atoms with Crippen LogP contribution in [0, 0.1) is 13.8 Å². The Morgan fingerprint density at radius 3 is 2.52 bits per heavy atom. The average Bonchev–Trinajstić information content (AvgIpc) is 3.15. The molecule has 4 rings (SSSR count). The summed E-state index contributed by atoms with van der Waals surface area (Å²) in [4.78, 5) is 29.6. The number of fused-ring (bicyclic) bond motifs is 1. The van der Waals surface area contributed by atoms with Crippen LogP contribution in [0.15, 0.2) is 53.7 Å². The highest BCUT2D eigenvalue weighted by Crippen LogP contribution is 2.38. The van der Waals surface area contributed by atoms with E-state index >= 15 is 0 Å². The molecular formula is C22H17ClF3N5O2. The van der Waals surface area contributed by atoms with E-state index in [1.54, 1.807) is 0 Å². The van der Waals surface area contributed by atoms with Gasteiger partial charge in [-0.2, -0.15) is 18.3 Å². The van der Waals surface area contributed by atoms with Gasteiger partial charge >= 0.3 is 6.18 Å². The second-order valence-corrected chi connectivity index (χ2v) is 7.93. The maximum atomic E-state index is 13.3. The van der Waals surface area contributed by atoms with Crippen molar-refractivity contribution < 1.29 is 18.0 Å². The van der Waals surface area contributed by atoms with E-state index in [2.05, 4.69) is 15.4 Å². The molecule has 0 aliphatic rings. The van der Waals surface area contributed by atoms with Crippen molar-refractivity contribution in [3.05, 3.63) is 81.0 Å². The highest BCUT2D eigenvalue weighted by Gasteiger charge is 2.34. The summed E-state index contributed by atoms with van der Waals surface area (Å²) >= 11 is 5.87. The SMILES string of the molecule is Cc1cc(C)cc(-n2ncc3c(=O)n(CC(=O)Nc4c(Cl)cccc4C(F)(F)F)cnc32)c1. The van der Waals surface area contributed by atoms with Gasteiger partial charge in [-0.1, -0.05) is 23.7 Å². The summed E-state index contributed by atoms with van der Waals surface area (Å²) in [6.45, 7) is 3.31. The number of nitrogens with one attached hydrogen (secondary N) is 1. The quantitative estimate of drug-likeness (QED) is 0.471. The Labute approximate surface area is 190 Å². The number of nitrogens with zero attached hydrogens (tertiary/aromatic N) is 4. The molecule has 0 atom stereocenters. The molecular weight excluding hydrogens is 459 g/mol. The molecule has 170 valence electrons. The van der Waals surface area contributed by atoms with Crippen molar-refractivity contribution in [3.8, 4) is 5.69 Å². The molecule has 0 unspecified atom stereocenters. The molecule has 2 heterocycles. The monoisotopic (exact) mass is 475 g/mol. The Morgan fingerprint density at radius 2 is 1.85 bits per heavy atom. The Balaban J connectivity index is 1.64. The second kappa shape index (κ2) is 8.36. The van der Waals surface area contributed by atoms with Crippen LogP contribution >= 0.6 is 11.6 Å². The van der Waals surface area contributed by atoms with E-state index in [4.69, 9.17) is 11.6 Å². The molecule has 0 fully saturated rings. The van der Waals surface area contributed by atoms with Gasteiger partial charge in [-0.15, -0.1) is 0 Å². The molecule has 0 bridgehead atoms. The normalized spacial score (nSPS) is 11.7. The number of anilines is 1. The van der Waals surface area contributed by atoms with Crippen LogP contribution in [0.1, 0.15) is 16.7 Å². The van der Waals surface area contributed by atoms with Gasteiger partial charge in [0.15, 0.2) is 5.65 Å². The number of carbonyl (C=O) groups is 1. The molecule has 0 spiro atoms. The second-order valence-electron chi connectivity index (χ2n) is 7.53. The summed E-state index contributed by atoms with van der Waals surface area (Å²) in [5.41, 5.74) is 0.838. The van der Waals surface area contributed by atoms with Crippen LogP contribution in [0.5, 0.6) is 0 Å². The topological polar surface area (TPSA) is 81.8 Å². The minimum Gasteiger partial charge on any atom is -0.323 e. The molecule has 1 N–H and O–H groups in total. The Kier molecular flexibility index (Phi) is 5.71. The van der Waals surface area contributed by atoms with Gasteiger partial charge in [0.05, 0.1) is 28.2 Å². The van der Waals surface area contributed by atoms with Gasteiger partial charge in [0.25, 0.3) is 5.56 Å². The lowest BCUT2D eigenvalue weighted by Crippen LogP contribution is -2.28. The third-order valence-electron chi connectivity index (χ3n) is 4.90. The zero-order valence-corrected chi connectivity index (χ0v) is 18.2. The first-order valence-corrected chi connectivity index (χ1v) is 10.1. The van der Waals surface area contributed by atoms with Crippen LogP contribution in [0.4, 0.5) is 18.9 Å². The third-order valence-corrected chi connectivity index (χ3v) is 5.22. The Bertz CT molecular complexity index is 1420. The lowest BCUT2D eigenvalue weighted by atomic mass is 10.1. The molecule has 0 radical (unpaired) electrons. The van der Waals surface area contributed by atoms with Gasteiger partial charge in [-0.3, -0.25) is 14.2 Å². The fourth-order valence-electron chi connectivity index (χ4n) is 3.54. The number of alkyl halides is 3. The van der Waals surface area contributed by atoms with Crippen LogP contribution in [0.3, 0.4) is 0 Å². The lowest BCUT2D eigenvalue weighted by Gasteiger charge is -2.15. The summed E-state index contributed by atoms with van der Waals surface area (Å²) in [5.74, 6) is -0.862. The number of hydrogen-bond acceptors (Lipinski definition) is 4. The number of carbonyl (C=O) groups excluding carboxylic acids is 1. The predicted octanol–water partition coefficient (Wildman–Crippen LogP) is 4.51. The van der Waals surface area contributed by atoms with E-state index in [0.717, 1.165) is 39.8 Å². The van der Waals surface area contributed by atoms with Gasteiger partial charge in [-0.25, -0.2) is 9.67 Å². The van der Waals surface area contributed by atoms with Crippen molar-refractivity contribution in [2.75, 3.05) is 5.32 Å². The summed E-state index contributed by atoms with van der Waals surface area (Å²) in [5, 5.41) is 6.29. The van der Waals surface area contributed by atoms with Crippen LogP contribution < -0.4 is 10.9 Å². The van der Waals surface area contributed by atoms with Crippen molar-refractivity contribution in [2.45, 2.75) is 26.6 Å². The van der Waals surface area contributed by atoms with E-state index in [9.17, 15) is 22.8 Å². The van der Waals surface area contributed by atoms with E-state index in [-0.39, 0.29) is 10.4 Å². The summed E-state index contributed by atoms with van der Waals surface area (Å²) < 4.78 is 42.3. The van der Waals surface area contributed by atoms with Crippen molar-refractivity contribution in [2.24, 2.45) is 0 Å². The number of hydrogen-bond donors (Lipinski definition) is 1. The van der Waals surface area contributed by atoms with E-state index < -0.39 is 35.4 Å². The number of halogens is 4. The Hall–Kier alpha value is -3.66. The van der Waals surface area contributed by atoms with E-state index in [1.807, 2.05) is 32.0 Å². The number of benzene rings is 2. The largest absolute Gasteiger partial charge is 0.418 e. The molecule has 33 heavy (non-hydrogen) atoms. The number of para-hydroxylation sites is 1. The summed E-state index contributed by atoms with van der Waals surface area (Å²) in [6, 6.07) is 8.95. The molecule has 2 aromatic heterocycles. The molecule has 2 aromatic carbocycles. The van der Waals surface area contributed by atoms with Gasteiger partial charge in [-0.05, 0) is 49.2 Å². The fourth-order valence-corrected chi connectivity index (χ4v) is 3.77. The van der Waals surface area contributed by atoms with Crippen LogP contribution in [0.2, 0.25) is 5.02 Å². The van der Waals surface area contributed by atoms with Crippen LogP contribution in [-0.2, 0) is 17.5 Å². The zero-order valence-electron chi connectivity index (χ0n) is 17.4. The van der Waals surface area contributed by atoms with Gasteiger partial charge < -0.3 is 5.32 Å². The number of aromatic nitrogens is 4. The Morgan fingerprint density at radius 1 is 1.15 bits per heavy atom. The first-order chi connectivity index (χ1) is 15.5. The van der Waals surface area contributed by atoms with Gasteiger partial charge in [0.1, 0.15) is 18.3 Å². The molecule has 0 aliphatic heterocycles. The molecule has 7 nitrogen and oxygen atoms in total. The van der Waals surface area contributed by atoms with Crippen LogP contribution in [0.25, 0.3) is 16.7 Å². The minimum atomic E-state index is -4.71. The average molecular weight is 476 g/mol. The molecule has 0 saturated carbocycles. The zero-order chi connectivity index (χ0) is 23.9. The van der Waals surface area contributed by atoms with Crippen LogP contribution in [-0.4, -0.2) is 25.2 Å². The molecule has 1 amide bonds. The number of amides is 1. The third kappa shape index (κ3) is 4.47. The first-order valence-electron chi connectivity index (χ1n) is 9.72. The smallest absolute Gasteiger partial charge is 0.323 e. The summed E-state index contributed by atoms with van der Waals surface area (Å²) in [6.07, 6.45) is -2.22. The highest BCUT2D eigenvalue weighted by atomic mass is 35.5. The first kappa shape index (κ1) is 22.5. The van der Waals surface area contributed by atoms with Gasteiger partial charge in [0.2, 0.25) is 5.91 Å². The molecule has 0 aliphatic carbocycles. The maximum absolute atomic E-state index is 13.3. The number of rotatable bonds is 4. The van der Waals surface area contributed by atoms with Gasteiger partial charge in [0, 0.05) is 0 Å². The van der Waals surface area contributed by atoms with Crippen molar-refractivity contribution in [1.29, 1.82) is 0 Å². The molecule has 4 aromatic rings. The predicted molar refractivity (Wildman–Crippen MR) is 118 cm³/mol. The molecule has 11 heteroatoms. The van der Waals surface area contributed by atoms with E-state index in [0.29, 0.717) is 5.65 Å². The number of aryl methyl sites for hydroxylation is 2. The maximum Gasteiger partial charge on any atom is 0.418 e. The van der Waals surface area contributed by atoms with E-state index in [1.165, 1.54) is 16.9 Å².